The fraction of sp³-hybridized carbons (Fsp3) is 0.409. The zero-order valence-electron chi connectivity index (χ0n) is 15.6. The minimum absolute atomic E-state index is 0.0444. The number of anilines is 1. The highest BCUT2D eigenvalue weighted by Gasteiger charge is 2.39. The van der Waals surface area contributed by atoms with E-state index in [1.165, 1.54) is 6.42 Å². The number of benzene rings is 2. The van der Waals surface area contributed by atoms with Gasteiger partial charge in [-0.05, 0) is 49.1 Å². The molecule has 0 unspecified atom stereocenters. The minimum atomic E-state index is -0.686. The molecule has 1 amide bonds. The van der Waals surface area contributed by atoms with Crippen LogP contribution in [0.15, 0.2) is 48.5 Å². The van der Waals surface area contributed by atoms with Crippen LogP contribution in [0.1, 0.15) is 43.2 Å². The summed E-state index contributed by atoms with van der Waals surface area (Å²) in [5, 5.41) is 3.03. The van der Waals surface area contributed by atoms with Crippen molar-refractivity contribution in [1.29, 1.82) is 0 Å². The first-order valence-electron chi connectivity index (χ1n) is 9.27. The van der Waals surface area contributed by atoms with E-state index >= 15 is 0 Å². The van der Waals surface area contributed by atoms with Gasteiger partial charge in [-0.15, -0.1) is 0 Å². The molecular weight excluding hydrogens is 326 g/mol. The third-order valence-corrected chi connectivity index (χ3v) is 5.14. The van der Waals surface area contributed by atoms with Gasteiger partial charge in [-0.3, -0.25) is 4.79 Å². The molecular formula is C22H27NO3. The zero-order valence-corrected chi connectivity index (χ0v) is 15.6. The van der Waals surface area contributed by atoms with Gasteiger partial charge in [0.15, 0.2) is 0 Å². The Hall–Kier alpha value is -2.33. The summed E-state index contributed by atoms with van der Waals surface area (Å²) in [4.78, 5) is 12.8. The van der Waals surface area contributed by atoms with Crippen molar-refractivity contribution in [3.8, 4) is 5.75 Å². The summed E-state index contributed by atoms with van der Waals surface area (Å²) < 4.78 is 11.5. The Labute approximate surface area is 155 Å². The fourth-order valence-corrected chi connectivity index (χ4v) is 3.52. The maximum atomic E-state index is 12.8. The molecule has 2 aromatic rings. The maximum Gasteiger partial charge on any atom is 0.256 e. The number of rotatable bonds is 6. The number of amides is 1. The Bertz CT molecular complexity index is 736. The van der Waals surface area contributed by atoms with Crippen LogP contribution < -0.4 is 10.1 Å². The van der Waals surface area contributed by atoms with E-state index in [1.54, 1.807) is 7.11 Å². The van der Waals surface area contributed by atoms with E-state index < -0.39 is 5.60 Å². The molecule has 0 spiro atoms. The predicted octanol–water partition coefficient (Wildman–Crippen LogP) is 4.86. The number of nitrogens with one attached hydrogen (secondary N) is 1. The van der Waals surface area contributed by atoms with Gasteiger partial charge in [0.05, 0.1) is 0 Å². The highest BCUT2D eigenvalue weighted by Crippen LogP contribution is 2.33. The molecule has 0 radical (unpaired) electrons. The highest BCUT2D eigenvalue weighted by atomic mass is 16.5. The molecule has 1 aliphatic rings. The van der Waals surface area contributed by atoms with E-state index in [-0.39, 0.29) is 5.91 Å². The van der Waals surface area contributed by atoms with E-state index in [9.17, 15) is 4.79 Å². The van der Waals surface area contributed by atoms with E-state index in [2.05, 4.69) is 5.32 Å². The first-order chi connectivity index (χ1) is 12.6. The molecule has 0 aliphatic heterocycles. The molecule has 4 nitrogen and oxygen atoms in total. The quantitative estimate of drug-likeness (QED) is 0.806. The van der Waals surface area contributed by atoms with Crippen LogP contribution in [-0.4, -0.2) is 18.6 Å². The molecule has 2 aromatic carbocycles. The Morgan fingerprint density at radius 1 is 1.08 bits per heavy atom. The van der Waals surface area contributed by atoms with Gasteiger partial charge < -0.3 is 14.8 Å². The second-order valence-corrected chi connectivity index (χ2v) is 6.97. The molecule has 1 N–H and O–H groups in total. The van der Waals surface area contributed by atoms with Gasteiger partial charge in [-0.1, -0.05) is 49.6 Å². The van der Waals surface area contributed by atoms with Gasteiger partial charge >= 0.3 is 0 Å². The fourth-order valence-electron chi connectivity index (χ4n) is 3.52. The molecule has 26 heavy (non-hydrogen) atoms. The van der Waals surface area contributed by atoms with Crippen molar-refractivity contribution in [2.24, 2.45) is 0 Å². The van der Waals surface area contributed by atoms with Crippen LogP contribution in [0.25, 0.3) is 0 Å². The number of ether oxygens (including phenoxy) is 2. The minimum Gasteiger partial charge on any atom is -0.489 e. The normalized spacial score (nSPS) is 16.1. The average Bonchev–Trinajstić information content (AvgIpc) is 2.68. The van der Waals surface area contributed by atoms with Crippen molar-refractivity contribution in [2.45, 2.75) is 51.2 Å². The lowest BCUT2D eigenvalue weighted by Gasteiger charge is -2.34. The Kier molecular flexibility index (Phi) is 5.94. The van der Waals surface area contributed by atoms with Gasteiger partial charge in [0.1, 0.15) is 18.0 Å². The number of hydrogen-bond donors (Lipinski definition) is 1. The molecule has 138 valence electrons. The van der Waals surface area contributed by atoms with Gasteiger partial charge in [-0.25, -0.2) is 0 Å². The number of methoxy groups -OCH3 is 1. The zero-order chi connectivity index (χ0) is 18.4. The van der Waals surface area contributed by atoms with Crippen LogP contribution >= 0.6 is 0 Å². The Balaban J connectivity index is 1.64. The second-order valence-electron chi connectivity index (χ2n) is 6.97. The van der Waals surface area contributed by atoms with Crippen LogP contribution in [0.5, 0.6) is 5.75 Å². The van der Waals surface area contributed by atoms with Crippen molar-refractivity contribution in [3.05, 3.63) is 59.7 Å². The molecule has 4 heteroatoms. The molecule has 1 fully saturated rings. The van der Waals surface area contributed by atoms with Gasteiger partial charge in [0.25, 0.3) is 5.91 Å². The summed E-state index contributed by atoms with van der Waals surface area (Å²) in [5.74, 6) is 0.781. The Morgan fingerprint density at radius 2 is 1.81 bits per heavy atom. The second kappa shape index (κ2) is 8.37. The summed E-state index contributed by atoms with van der Waals surface area (Å²) in [6, 6.07) is 15.8. The number of aryl methyl sites for hydroxylation is 1. The van der Waals surface area contributed by atoms with Crippen molar-refractivity contribution < 1.29 is 14.3 Å². The van der Waals surface area contributed by atoms with E-state index in [4.69, 9.17) is 9.47 Å². The van der Waals surface area contributed by atoms with Gasteiger partial charge in [-0.2, -0.15) is 0 Å². The van der Waals surface area contributed by atoms with Crippen LogP contribution in [0, 0.1) is 6.92 Å². The van der Waals surface area contributed by atoms with Gasteiger partial charge in [0, 0.05) is 12.8 Å². The Morgan fingerprint density at radius 3 is 2.46 bits per heavy atom. The topological polar surface area (TPSA) is 47.6 Å². The number of carbonyl (C=O) groups excluding carboxylic acids is 1. The van der Waals surface area contributed by atoms with Crippen LogP contribution in [-0.2, 0) is 16.1 Å². The molecule has 0 atom stereocenters. The molecule has 0 bridgehead atoms. The number of carbonyl (C=O) groups is 1. The first kappa shape index (κ1) is 18.5. The van der Waals surface area contributed by atoms with Crippen LogP contribution in [0.4, 0.5) is 5.69 Å². The van der Waals surface area contributed by atoms with Crippen LogP contribution in [0.3, 0.4) is 0 Å². The van der Waals surface area contributed by atoms with E-state index in [0.29, 0.717) is 6.61 Å². The molecule has 0 saturated heterocycles. The predicted molar refractivity (Wildman–Crippen MR) is 103 cm³/mol. The standard InChI is InChI=1S/C22H27NO3/c1-17-15-19(23-21(24)22(25-2)13-7-4-8-14-22)11-12-20(17)26-16-18-9-5-3-6-10-18/h3,5-6,9-12,15H,4,7-8,13-14,16H2,1-2H3,(H,23,24). The monoisotopic (exact) mass is 353 g/mol. The van der Waals surface area contributed by atoms with Gasteiger partial charge in [0.2, 0.25) is 0 Å². The molecule has 3 rings (SSSR count). The first-order valence-corrected chi connectivity index (χ1v) is 9.27. The summed E-state index contributed by atoms with van der Waals surface area (Å²) in [6.07, 6.45) is 4.81. The molecule has 1 saturated carbocycles. The summed E-state index contributed by atoms with van der Waals surface area (Å²) in [7, 11) is 1.64. The summed E-state index contributed by atoms with van der Waals surface area (Å²) in [6.45, 7) is 2.52. The van der Waals surface area contributed by atoms with Crippen molar-refractivity contribution in [1.82, 2.24) is 0 Å². The largest absolute Gasteiger partial charge is 0.489 e. The summed E-state index contributed by atoms with van der Waals surface area (Å²) >= 11 is 0. The lowest BCUT2D eigenvalue weighted by molar-refractivity contribution is -0.141. The van der Waals surface area contributed by atoms with E-state index in [1.807, 2.05) is 55.5 Å². The smallest absolute Gasteiger partial charge is 0.256 e. The van der Waals surface area contributed by atoms with E-state index in [0.717, 1.165) is 48.2 Å². The van der Waals surface area contributed by atoms with Crippen molar-refractivity contribution >= 4 is 11.6 Å². The number of hydrogen-bond acceptors (Lipinski definition) is 3. The SMILES string of the molecule is COC1(C(=O)Nc2ccc(OCc3ccccc3)c(C)c2)CCCCC1. The molecule has 0 aromatic heterocycles. The lowest BCUT2D eigenvalue weighted by atomic mass is 9.84. The highest BCUT2D eigenvalue weighted by molar-refractivity contribution is 5.97. The van der Waals surface area contributed by atoms with Crippen LogP contribution in [0.2, 0.25) is 0 Å². The lowest BCUT2D eigenvalue weighted by Crippen LogP contribution is -2.46. The summed E-state index contributed by atoms with van der Waals surface area (Å²) in [5.41, 5.74) is 2.22. The average molecular weight is 353 g/mol. The maximum absolute atomic E-state index is 12.8. The van der Waals surface area contributed by atoms with Crippen molar-refractivity contribution in [3.63, 3.8) is 0 Å². The third kappa shape index (κ3) is 4.25. The third-order valence-electron chi connectivity index (χ3n) is 5.14. The molecule has 0 heterocycles. The molecule has 1 aliphatic carbocycles. The van der Waals surface area contributed by atoms with Crippen molar-refractivity contribution in [2.75, 3.05) is 12.4 Å².